The molecule has 1 fully saturated rings. The lowest BCUT2D eigenvalue weighted by Gasteiger charge is -2.23. The largest absolute Gasteiger partial charge is 0.312 e. The molecule has 0 unspecified atom stereocenters. The highest BCUT2D eigenvalue weighted by Crippen LogP contribution is 2.41. The first-order valence-corrected chi connectivity index (χ1v) is 6.75. The number of para-hydroxylation sites is 1. The van der Waals surface area contributed by atoms with E-state index in [2.05, 4.69) is 17.4 Å². The third-order valence-electron chi connectivity index (χ3n) is 4.21. The van der Waals surface area contributed by atoms with Crippen LogP contribution in [0.4, 0.5) is 5.69 Å². The zero-order valence-electron chi connectivity index (χ0n) is 11.1. The van der Waals surface area contributed by atoms with Crippen LogP contribution in [-0.2, 0) is 10.2 Å². The molecule has 1 atom stereocenters. The van der Waals surface area contributed by atoms with Crippen molar-refractivity contribution in [2.45, 2.75) is 38.1 Å². The van der Waals surface area contributed by atoms with Gasteiger partial charge in [-0.05, 0) is 44.9 Å². The fourth-order valence-electron chi connectivity index (χ4n) is 3.11. The molecule has 0 aromatic heterocycles. The SMILES string of the molecule is CC1(C)C(=O)N(C[C@H]2CCCN2)c2ccccc21. The van der Waals surface area contributed by atoms with E-state index in [4.69, 9.17) is 0 Å². The Bertz CT molecular complexity index is 475. The summed E-state index contributed by atoms with van der Waals surface area (Å²) in [5.41, 5.74) is 1.88. The molecule has 1 amide bonds. The van der Waals surface area contributed by atoms with Crippen molar-refractivity contribution in [3.05, 3.63) is 29.8 Å². The number of hydrogen-bond acceptors (Lipinski definition) is 2. The van der Waals surface area contributed by atoms with Gasteiger partial charge in [-0.1, -0.05) is 18.2 Å². The van der Waals surface area contributed by atoms with E-state index in [1.807, 2.05) is 30.9 Å². The molecule has 3 nitrogen and oxygen atoms in total. The number of nitrogens with zero attached hydrogens (tertiary/aromatic N) is 1. The number of carbonyl (C=O) groups excluding carboxylic acids is 1. The van der Waals surface area contributed by atoms with E-state index in [9.17, 15) is 4.79 Å². The maximum Gasteiger partial charge on any atom is 0.237 e. The van der Waals surface area contributed by atoms with Crippen LogP contribution in [0.2, 0.25) is 0 Å². The number of hydrogen-bond donors (Lipinski definition) is 1. The van der Waals surface area contributed by atoms with Gasteiger partial charge in [0.15, 0.2) is 0 Å². The molecule has 1 saturated heterocycles. The molecular formula is C15H20N2O. The van der Waals surface area contributed by atoms with Gasteiger partial charge in [0, 0.05) is 18.3 Å². The Morgan fingerprint density at radius 2 is 2.17 bits per heavy atom. The number of rotatable bonds is 2. The van der Waals surface area contributed by atoms with Crippen LogP contribution >= 0.6 is 0 Å². The molecule has 18 heavy (non-hydrogen) atoms. The highest BCUT2D eigenvalue weighted by atomic mass is 16.2. The minimum absolute atomic E-state index is 0.234. The number of carbonyl (C=O) groups is 1. The molecule has 0 saturated carbocycles. The first-order valence-electron chi connectivity index (χ1n) is 6.75. The van der Waals surface area contributed by atoms with Gasteiger partial charge in [-0.3, -0.25) is 4.79 Å². The van der Waals surface area contributed by atoms with Crippen LogP contribution in [0.1, 0.15) is 32.3 Å². The van der Waals surface area contributed by atoms with E-state index in [-0.39, 0.29) is 11.3 Å². The fraction of sp³-hybridized carbons (Fsp3) is 0.533. The van der Waals surface area contributed by atoms with Gasteiger partial charge in [-0.25, -0.2) is 0 Å². The average molecular weight is 244 g/mol. The maximum atomic E-state index is 12.6. The second kappa shape index (κ2) is 4.09. The Kier molecular flexibility index (Phi) is 2.67. The van der Waals surface area contributed by atoms with E-state index in [0.29, 0.717) is 6.04 Å². The molecular weight excluding hydrogens is 224 g/mol. The molecule has 96 valence electrons. The lowest BCUT2D eigenvalue weighted by atomic mass is 9.86. The Labute approximate surface area is 108 Å². The summed E-state index contributed by atoms with van der Waals surface area (Å²) < 4.78 is 0. The molecule has 1 aromatic rings. The summed E-state index contributed by atoms with van der Waals surface area (Å²) in [5.74, 6) is 0.234. The van der Waals surface area contributed by atoms with Crippen molar-refractivity contribution in [3.63, 3.8) is 0 Å². The van der Waals surface area contributed by atoms with E-state index >= 15 is 0 Å². The van der Waals surface area contributed by atoms with Gasteiger partial charge in [0.25, 0.3) is 0 Å². The van der Waals surface area contributed by atoms with E-state index in [1.165, 1.54) is 12.8 Å². The van der Waals surface area contributed by atoms with Crippen LogP contribution in [0, 0.1) is 0 Å². The van der Waals surface area contributed by atoms with Gasteiger partial charge >= 0.3 is 0 Å². The summed E-state index contributed by atoms with van der Waals surface area (Å²) in [6, 6.07) is 8.64. The molecule has 2 heterocycles. The predicted molar refractivity (Wildman–Crippen MR) is 72.8 cm³/mol. The monoisotopic (exact) mass is 244 g/mol. The maximum absolute atomic E-state index is 12.6. The van der Waals surface area contributed by atoms with Gasteiger partial charge in [-0.15, -0.1) is 0 Å². The molecule has 1 aromatic carbocycles. The Morgan fingerprint density at radius 1 is 1.39 bits per heavy atom. The quantitative estimate of drug-likeness (QED) is 0.863. The highest BCUT2D eigenvalue weighted by molar-refractivity contribution is 6.07. The molecule has 0 bridgehead atoms. The second-order valence-electron chi connectivity index (χ2n) is 5.85. The average Bonchev–Trinajstić information content (AvgIpc) is 2.93. The summed E-state index contributed by atoms with van der Waals surface area (Å²) in [6.45, 7) is 5.93. The Hall–Kier alpha value is -1.35. The van der Waals surface area contributed by atoms with Crippen molar-refractivity contribution in [2.75, 3.05) is 18.0 Å². The minimum atomic E-state index is -0.380. The zero-order chi connectivity index (χ0) is 12.8. The summed E-state index contributed by atoms with van der Waals surface area (Å²) in [5, 5.41) is 3.47. The van der Waals surface area contributed by atoms with Gasteiger partial charge in [0.2, 0.25) is 5.91 Å². The highest BCUT2D eigenvalue weighted by Gasteiger charge is 2.44. The number of benzene rings is 1. The standard InChI is InChI=1S/C15H20N2O/c1-15(2)12-7-3-4-8-13(12)17(14(15)18)10-11-6-5-9-16-11/h3-4,7-8,11,16H,5-6,9-10H2,1-2H3/t11-/m1/s1. The number of amides is 1. The van der Waals surface area contributed by atoms with Crippen molar-refractivity contribution in [2.24, 2.45) is 0 Å². The molecule has 0 radical (unpaired) electrons. The molecule has 3 heteroatoms. The normalized spacial score (nSPS) is 25.6. The second-order valence-corrected chi connectivity index (χ2v) is 5.85. The topological polar surface area (TPSA) is 32.3 Å². The van der Waals surface area contributed by atoms with Crippen LogP contribution in [0.25, 0.3) is 0 Å². The molecule has 2 aliphatic rings. The van der Waals surface area contributed by atoms with E-state index in [0.717, 1.165) is 24.3 Å². The molecule has 0 spiro atoms. The first-order chi connectivity index (χ1) is 8.60. The van der Waals surface area contributed by atoms with Crippen LogP contribution in [0.3, 0.4) is 0 Å². The summed E-state index contributed by atoms with van der Waals surface area (Å²) >= 11 is 0. The lowest BCUT2D eigenvalue weighted by molar-refractivity contribution is -0.122. The predicted octanol–water partition coefficient (Wildman–Crippen LogP) is 2.06. The fourth-order valence-corrected chi connectivity index (χ4v) is 3.11. The number of anilines is 1. The van der Waals surface area contributed by atoms with Crippen LogP contribution < -0.4 is 10.2 Å². The number of fused-ring (bicyclic) bond motifs is 1. The van der Waals surface area contributed by atoms with Crippen LogP contribution in [0.5, 0.6) is 0 Å². The van der Waals surface area contributed by atoms with Crippen LogP contribution in [0.15, 0.2) is 24.3 Å². The lowest BCUT2D eigenvalue weighted by Crippen LogP contribution is -2.43. The summed E-state index contributed by atoms with van der Waals surface area (Å²) in [4.78, 5) is 14.5. The van der Waals surface area contributed by atoms with E-state index in [1.54, 1.807) is 0 Å². The first kappa shape index (κ1) is 11.7. The van der Waals surface area contributed by atoms with Gasteiger partial charge in [0.1, 0.15) is 0 Å². The van der Waals surface area contributed by atoms with Crippen molar-refractivity contribution in [3.8, 4) is 0 Å². The third-order valence-corrected chi connectivity index (χ3v) is 4.21. The zero-order valence-corrected chi connectivity index (χ0v) is 11.1. The Morgan fingerprint density at radius 3 is 2.89 bits per heavy atom. The van der Waals surface area contributed by atoms with Gasteiger partial charge in [-0.2, -0.15) is 0 Å². The summed E-state index contributed by atoms with van der Waals surface area (Å²) in [6.07, 6.45) is 2.39. The smallest absolute Gasteiger partial charge is 0.237 e. The molecule has 3 rings (SSSR count). The van der Waals surface area contributed by atoms with Crippen molar-refractivity contribution in [1.29, 1.82) is 0 Å². The molecule has 2 aliphatic heterocycles. The third kappa shape index (κ3) is 1.65. The van der Waals surface area contributed by atoms with Gasteiger partial charge < -0.3 is 10.2 Å². The molecule has 1 N–H and O–H groups in total. The van der Waals surface area contributed by atoms with Crippen molar-refractivity contribution < 1.29 is 4.79 Å². The molecule has 0 aliphatic carbocycles. The van der Waals surface area contributed by atoms with Gasteiger partial charge in [0.05, 0.1) is 5.41 Å². The van der Waals surface area contributed by atoms with Crippen molar-refractivity contribution >= 4 is 11.6 Å². The minimum Gasteiger partial charge on any atom is -0.312 e. The van der Waals surface area contributed by atoms with Crippen molar-refractivity contribution in [1.82, 2.24) is 5.32 Å². The Balaban J connectivity index is 1.93. The number of nitrogens with one attached hydrogen (secondary N) is 1. The summed E-state index contributed by atoms with van der Waals surface area (Å²) in [7, 11) is 0. The van der Waals surface area contributed by atoms with Crippen LogP contribution in [-0.4, -0.2) is 25.0 Å². The van der Waals surface area contributed by atoms with E-state index < -0.39 is 0 Å².